The Morgan fingerprint density at radius 2 is 1.79 bits per heavy atom. The van der Waals surface area contributed by atoms with Gasteiger partial charge in [0, 0.05) is 29.0 Å². The zero-order chi connectivity index (χ0) is 16.4. The molecule has 0 aliphatic heterocycles. The van der Waals surface area contributed by atoms with Crippen molar-refractivity contribution in [3.8, 4) is 11.3 Å². The second-order valence-electron chi connectivity index (χ2n) is 6.44. The van der Waals surface area contributed by atoms with Crippen molar-refractivity contribution in [2.75, 3.05) is 5.32 Å². The number of imidazole rings is 1. The second kappa shape index (κ2) is 6.81. The van der Waals surface area contributed by atoms with Crippen LogP contribution in [0.4, 0.5) is 5.82 Å². The molecule has 1 N–H and O–H groups in total. The van der Waals surface area contributed by atoms with E-state index < -0.39 is 0 Å². The summed E-state index contributed by atoms with van der Waals surface area (Å²) in [6, 6.07) is 10.3. The molecular weight excluding hydrogens is 320 g/mol. The van der Waals surface area contributed by atoms with E-state index in [1.807, 2.05) is 36.5 Å². The molecule has 0 bridgehead atoms. The number of rotatable bonds is 3. The Morgan fingerprint density at radius 3 is 2.54 bits per heavy atom. The summed E-state index contributed by atoms with van der Waals surface area (Å²) < 4.78 is 2.05. The SMILES string of the molecule is Clc1ccc(-c2nc3ncccn3c2NC2CCCCCC2)cc1. The van der Waals surface area contributed by atoms with Crippen LogP contribution >= 0.6 is 11.6 Å². The monoisotopic (exact) mass is 340 g/mol. The van der Waals surface area contributed by atoms with E-state index in [1.165, 1.54) is 38.5 Å². The van der Waals surface area contributed by atoms with Crippen LogP contribution in [-0.4, -0.2) is 20.4 Å². The van der Waals surface area contributed by atoms with Gasteiger partial charge in [0.1, 0.15) is 11.5 Å². The van der Waals surface area contributed by atoms with Gasteiger partial charge in [-0.2, -0.15) is 0 Å². The molecule has 4 rings (SSSR count). The zero-order valence-corrected chi connectivity index (χ0v) is 14.3. The molecular formula is C19H21ClN4. The lowest BCUT2D eigenvalue weighted by Gasteiger charge is -2.18. The van der Waals surface area contributed by atoms with E-state index in [-0.39, 0.29) is 0 Å². The van der Waals surface area contributed by atoms with E-state index in [0.717, 1.165) is 27.9 Å². The van der Waals surface area contributed by atoms with Crippen molar-refractivity contribution in [3.63, 3.8) is 0 Å². The maximum atomic E-state index is 6.04. The van der Waals surface area contributed by atoms with Gasteiger partial charge in [-0.1, -0.05) is 49.4 Å². The quantitative estimate of drug-likeness (QED) is 0.667. The topological polar surface area (TPSA) is 42.2 Å². The summed E-state index contributed by atoms with van der Waals surface area (Å²) in [5.41, 5.74) is 2.00. The van der Waals surface area contributed by atoms with Crippen LogP contribution in [0.15, 0.2) is 42.7 Å². The van der Waals surface area contributed by atoms with Crippen molar-refractivity contribution in [3.05, 3.63) is 47.7 Å². The normalized spacial score (nSPS) is 16.2. The van der Waals surface area contributed by atoms with Crippen LogP contribution in [0.3, 0.4) is 0 Å². The Balaban J connectivity index is 1.76. The number of nitrogens with one attached hydrogen (secondary N) is 1. The lowest BCUT2D eigenvalue weighted by atomic mass is 10.1. The third-order valence-electron chi connectivity index (χ3n) is 4.72. The third kappa shape index (κ3) is 3.11. The summed E-state index contributed by atoms with van der Waals surface area (Å²) in [4.78, 5) is 9.15. The van der Waals surface area contributed by atoms with Crippen molar-refractivity contribution in [1.29, 1.82) is 0 Å². The smallest absolute Gasteiger partial charge is 0.235 e. The molecule has 1 aliphatic rings. The van der Waals surface area contributed by atoms with Gasteiger partial charge in [0.2, 0.25) is 5.78 Å². The number of anilines is 1. The minimum atomic E-state index is 0.499. The maximum absolute atomic E-state index is 6.04. The molecule has 1 aliphatic carbocycles. The van der Waals surface area contributed by atoms with E-state index in [1.54, 1.807) is 6.20 Å². The van der Waals surface area contributed by atoms with Crippen molar-refractivity contribution in [1.82, 2.24) is 14.4 Å². The first-order chi connectivity index (χ1) is 11.8. The fraction of sp³-hybridized carbons (Fsp3) is 0.368. The van der Waals surface area contributed by atoms with Crippen molar-refractivity contribution < 1.29 is 0 Å². The van der Waals surface area contributed by atoms with Gasteiger partial charge in [-0.25, -0.2) is 9.97 Å². The molecule has 5 heteroatoms. The number of fused-ring (bicyclic) bond motifs is 1. The molecule has 0 amide bonds. The number of hydrogen-bond acceptors (Lipinski definition) is 3. The fourth-order valence-corrected chi connectivity index (χ4v) is 3.58. The van der Waals surface area contributed by atoms with Gasteiger partial charge in [-0.15, -0.1) is 0 Å². The molecule has 0 spiro atoms. The molecule has 124 valence electrons. The van der Waals surface area contributed by atoms with Gasteiger partial charge >= 0.3 is 0 Å². The first-order valence-electron chi connectivity index (χ1n) is 8.67. The molecule has 3 aromatic rings. The largest absolute Gasteiger partial charge is 0.367 e. The third-order valence-corrected chi connectivity index (χ3v) is 4.97. The van der Waals surface area contributed by atoms with Gasteiger partial charge in [0.05, 0.1) is 0 Å². The predicted octanol–water partition coefficient (Wildman–Crippen LogP) is 5.18. The fourth-order valence-electron chi connectivity index (χ4n) is 3.45. The number of halogens is 1. The average molecular weight is 341 g/mol. The van der Waals surface area contributed by atoms with Crippen LogP contribution in [-0.2, 0) is 0 Å². The van der Waals surface area contributed by atoms with Crippen molar-refractivity contribution >= 4 is 23.2 Å². The van der Waals surface area contributed by atoms with Crippen LogP contribution in [0.5, 0.6) is 0 Å². The molecule has 24 heavy (non-hydrogen) atoms. The number of hydrogen-bond donors (Lipinski definition) is 1. The Morgan fingerprint density at radius 1 is 1.04 bits per heavy atom. The summed E-state index contributed by atoms with van der Waals surface area (Å²) >= 11 is 6.04. The Bertz CT molecular complexity index is 817. The summed E-state index contributed by atoms with van der Waals surface area (Å²) in [5.74, 6) is 1.76. The van der Waals surface area contributed by atoms with Crippen LogP contribution in [0.2, 0.25) is 5.02 Å². The van der Waals surface area contributed by atoms with Crippen LogP contribution < -0.4 is 5.32 Å². The van der Waals surface area contributed by atoms with Gasteiger partial charge in [-0.05, 0) is 31.0 Å². The van der Waals surface area contributed by atoms with Crippen LogP contribution in [0, 0.1) is 0 Å². The highest BCUT2D eigenvalue weighted by Crippen LogP contribution is 2.31. The van der Waals surface area contributed by atoms with Crippen molar-refractivity contribution in [2.45, 2.75) is 44.6 Å². The zero-order valence-electron chi connectivity index (χ0n) is 13.6. The minimum Gasteiger partial charge on any atom is -0.367 e. The highest BCUT2D eigenvalue weighted by Gasteiger charge is 2.19. The Labute approximate surface area is 146 Å². The minimum absolute atomic E-state index is 0.499. The van der Waals surface area contributed by atoms with Crippen LogP contribution in [0.25, 0.3) is 17.0 Å². The number of nitrogens with zero attached hydrogens (tertiary/aromatic N) is 3. The average Bonchev–Trinajstić information content (AvgIpc) is 2.78. The van der Waals surface area contributed by atoms with E-state index >= 15 is 0 Å². The lowest BCUT2D eigenvalue weighted by molar-refractivity contribution is 0.617. The lowest BCUT2D eigenvalue weighted by Crippen LogP contribution is -2.19. The Hall–Kier alpha value is -2.07. The molecule has 1 fully saturated rings. The highest BCUT2D eigenvalue weighted by molar-refractivity contribution is 6.30. The Kier molecular flexibility index (Phi) is 4.39. The second-order valence-corrected chi connectivity index (χ2v) is 6.87. The molecule has 1 aromatic carbocycles. The van der Waals surface area contributed by atoms with E-state index in [2.05, 4.69) is 14.7 Å². The first-order valence-corrected chi connectivity index (χ1v) is 9.04. The standard InChI is InChI=1S/C19H21ClN4/c20-15-10-8-14(9-11-15)17-18(22-16-6-3-1-2-4-7-16)24-13-5-12-21-19(24)23-17/h5,8-13,16,22H,1-4,6-7H2. The highest BCUT2D eigenvalue weighted by atomic mass is 35.5. The van der Waals surface area contributed by atoms with Gasteiger partial charge < -0.3 is 5.32 Å². The molecule has 4 nitrogen and oxygen atoms in total. The molecule has 0 saturated heterocycles. The maximum Gasteiger partial charge on any atom is 0.235 e. The molecule has 0 radical (unpaired) electrons. The summed E-state index contributed by atoms with van der Waals surface area (Å²) in [5, 5.41) is 4.49. The molecule has 0 atom stereocenters. The number of benzene rings is 1. The number of aromatic nitrogens is 3. The summed E-state index contributed by atoms with van der Waals surface area (Å²) in [6.07, 6.45) is 11.5. The predicted molar refractivity (Wildman–Crippen MR) is 98.5 cm³/mol. The molecule has 2 aromatic heterocycles. The van der Waals surface area contributed by atoms with Gasteiger partial charge in [0.15, 0.2) is 0 Å². The summed E-state index contributed by atoms with van der Waals surface area (Å²) in [7, 11) is 0. The molecule has 2 heterocycles. The van der Waals surface area contributed by atoms with E-state index in [9.17, 15) is 0 Å². The molecule has 0 unspecified atom stereocenters. The first kappa shape index (κ1) is 15.5. The van der Waals surface area contributed by atoms with Crippen molar-refractivity contribution in [2.24, 2.45) is 0 Å². The van der Waals surface area contributed by atoms with Gasteiger partial charge in [0.25, 0.3) is 0 Å². The summed E-state index contributed by atoms with van der Waals surface area (Å²) in [6.45, 7) is 0. The molecule has 1 saturated carbocycles. The van der Waals surface area contributed by atoms with E-state index in [0.29, 0.717) is 6.04 Å². The van der Waals surface area contributed by atoms with Crippen LogP contribution in [0.1, 0.15) is 38.5 Å². The van der Waals surface area contributed by atoms with E-state index in [4.69, 9.17) is 16.6 Å². The van der Waals surface area contributed by atoms with Gasteiger partial charge in [-0.3, -0.25) is 4.40 Å².